The first-order valence-electron chi connectivity index (χ1n) is 5.14. The van der Waals surface area contributed by atoms with Crippen LogP contribution in [0.15, 0.2) is 53.5 Å². The van der Waals surface area contributed by atoms with Crippen LogP contribution in [0.25, 0.3) is 0 Å². The number of phenols is 1. The largest absolute Gasteiger partial charge is 0.508 e. The summed E-state index contributed by atoms with van der Waals surface area (Å²) in [7, 11) is 0. The highest BCUT2D eigenvalue weighted by molar-refractivity contribution is 5.82. The van der Waals surface area contributed by atoms with Gasteiger partial charge >= 0.3 is 0 Å². The van der Waals surface area contributed by atoms with Gasteiger partial charge in [0.25, 0.3) is 0 Å². The Hall–Kier alpha value is -2.09. The molecule has 0 atom stereocenters. The van der Waals surface area contributed by atoms with Crippen LogP contribution >= 0.6 is 0 Å². The molecular formula is C14H13NO. The Bertz CT molecular complexity index is 470. The van der Waals surface area contributed by atoms with E-state index in [0.717, 1.165) is 11.3 Å². The molecule has 0 amide bonds. The highest BCUT2D eigenvalue weighted by atomic mass is 16.3. The van der Waals surface area contributed by atoms with Crippen molar-refractivity contribution in [3.8, 4) is 5.75 Å². The smallest absolute Gasteiger partial charge is 0.117 e. The van der Waals surface area contributed by atoms with Gasteiger partial charge in [-0.3, -0.25) is 4.99 Å². The Labute approximate surface area is 94.9 Å². The van der Waals surface area contributed by atoms with Crippen molar-refractivity contribution in [2.75, 3.05) is 0 Å². The summed E-state index contributed by atoms with van der Waals surface area (Å²) in [6.45, 7) is 2.05. The molecule has 2 nitrogen and oxygen atoms in total. The third-order valence-corrected chi connectivity index (χ3v) is 2.23. The molecule has 1 N–H and O–H groups in total. The van der Waals surface area contributed by atoms with Crippen molar-refractivity contribution in [3.63, 3.8) is 0 Å². The van der Waals surface area contributed by atoms with Crippen LogP contribution in [0.2, 0.25) is 0 Å². The fourth-order valence-corrected chi connectivity index (χ4v) is 1.47. The number of phenolic OH excluding ortho intramolecular Hbond substituents is 1. The van der Waals surface area contributed by atoms with Gasteiger partial charge in [-0.15, -0.1) is 0 Å². The molecular weight excluding hydrogens is 198 g/mol. The zero-order chi connectivity index (χ0) is 11.4. The minimum absolute atomic E-state index is 0.235. The maximum Gasteiger partial charge on any atom is 0.117 e. The van der Waals surface area contributed by atoms with Crippen molar-refractivity contribution >= 4 is 11.9 Å². The Kier molecular flexibility index (Phi) is 3.01. The van der Waals surface area contributed by atoms with Gasteiger partial charge in [-0.1, -0.05) is 35.9 Å². The summed E-state index contributed by atoms with van der Waals surface area (Å²) in [6.07, 6.45) is 1.79. The third kappa shape index (κ3) is 2.70. The molecule has 2 heteroatoms. The lowest BCUT2D eigenvalue weighted by Crippen LogP contribution is -1.81. The minimum Gasteiger partial charge on any atom is -0.508 e. The van der Waals surface area contributed by atoms with Crippen molar-refractivity contribution in [2.45, 2.75) is 6.92 Å². The van der Waals surface area contributed by atoms with Crippen LogP contribution < -0.4 is 0 Å². The second-order valence-electron chi connectivity index (χ2n) is 3.69. The lowest BCUT2D eigenvalue weighted by molar-refractivity contribution is 0.475. The molecule has 0 saturated carbocycles. The van der Waals surface area contributed by atoms with Crippen LogP contribution in [0.4, 0.5) is 5.69 Å². The van der Waals surface area contributed by atoms with Gasteiger partial charge in [-0.05, 0) is 24.6 Å². The molecule has 0 aliphatic heterocycles. The van der Waals surface area contributed by atoms with E-state index in [-0.39, 0.29) is 5.75 Å². The number of rotatable bonds is 2. The van der Waals surface area contributed by atoms with Crippen LogP contribution in [-0.2, 0) is 0 Å². The molecule has 2 aromatic carbocycles. The Morgan fingerprint density at radius 1 is 1.06 bits per heavy atom. The van der Waals surface area contributed by atoms with Crippen molar-refractivity contribution < 1.29 is 5.11 Å². The molecule has 0 aliphatic rings. The summed E-state index contributed by atoms with van der Waals surface area (Å²) in [5.74, 6) is 0.235. The van der Waals surface area contributed by atoms with Crippen LogP contribution in [0, 0.1) is 6.92 Å². The average Bonchev–Trinajstić information content (AvgIpc) is 2.27. The predicted octanol–water partition coefficient (Wildman–Crippen LogP) is 3.45. The summed E-state index contributed by atoms with van der Waals surface area (Å²) >= 11 is 0. The van der Waals surface area contributed by atoms with Crippen molar-refractivity contribution in [1.29, 1.82) is 0 Å². The summed E-state index contributed by atoms with van der Waals surface area (Å²) in [4.78, 5) is 4.29. The molecule has 2 aromatic rings. The van der Waals surface area contributed by atoms with Crippen molar-refractivity contribution in [3.05, 3.63) is 59.7 Å². The van der Waals surface area contributed by atoms with Gasteiger partial charge in [-0.2, -0.15) is 0 Å². The summed E-state index contributed by atoms with van der Waals surface area (Å²) in [6, 6.07) is 15.0. The van der Waals surface area contributed by atoms with E-state index in [4.69, 9.17) is 0 Å². The fraction of sp³-hybridized carbons (Fsp3) is 0.0714. The highest BCUT2D eigenvalue weighted by Gasteiger charge is 1.91. The van der Waals surface area contributed by atoms with Crippen LogP contribution in [-0.4, -0.2) is 11.3 Å². The number of hydrogen-bond donors (Lipinski definition) is 1. The molecule has 0 heterocycles. The number of nitrogens with zero attached hydrogens (tertiary/aromatic N) is 1. The number of aliphatic imine (C=N–C) groups is 1. The second kappa shape index (κ2) is 4.62. The lowest BCUT2D eigenvalue weighted by Gasteiger charge is -1.96. The maximum atomic E-state index is 9.28. The fourth-order valence-electron chi connectivity index (χ4n) is 1.47. The summed E-state index contributed by atoms with van der Waals surface area (Å²) < 4.78 is 0. The molecule has 0 aliphatic carbocycles. The molecule has 0 saturated heterocycles. The van der Waals surface area contributed by atoms with E-state index in [0.29, 0.717) is 0 Å². The highest BCUT2D eigenvalue weighted by Crippen LogP contribution is 2.18. The van der Waals surface area contributed by atoms with E-state index in [9.17, 15) is 5.11 Å². The predicted molar refractivity (Wildman–Crippen MR) is 66.5 cm³/mol. The summed E-state index contributed by atoms with van der Waals surface area (Å²) in [5, 5.41) is 9.28. The standard InChI is InChI=1S/C14H13NO/c1-11-4-2-5-12(8-11)10-15-13-6-3-7-14(16)9-13/h2-10,16H,1H3. The number of aryl methyl sites for hydroxylation is 1. The minimum atomic E-state index is 0.235. The van der Waals surface area contributed by atoms with E-state index in [1.54, 1.807) is 24.4 Å². The molecule has 0 radical (unpaired) electrons. The van der Waals surface area contributed by atoms with Crippen molar-refractivity contribution in [2.24, 2.45) is 4.99 Å². The third-order valence-electron chi connectivity index (χ3n) is 2.23. The normalized spacial score (nSPS) is 10.8. The van der Waals surface area contributed by atoms with Gasteiger partial charge in [0, 0.05) is 12.3 Å². The second-order valence-corrected chi connectivity index (χ2v) is 3.69. The molecule has 0 aromatic heterocycles. The Balaban J connectivity index is 2.21. The van der Waals surface area contributed by atoms with Crippen molar-refractivity contribution in [1.82, 2.24) is 0 Å². The van der Waals surface area contributed by atoms with Gasteiger partial charge in [0.2, 0.25) is 0 Å². The lowest BCUT2D eigenvalue weighted by atomic mass is 10.1. The van der Waals surface area contributed by atoms with Gasteiger partial charge in [0.15, 0.2) is 0 Å². The molecule has 0 spiro atoms. The molecule has 0 fully saturated rings. The van der Waals surface area contributed by atoms with E-state index in [1.165, 1.54) is 5.56 Å². The van der Waals surface area contributed by atoms with Gasteiger partial charge in [0.05, 0.1) is 5.69 Å². The van der Waals surface area contributed by atoms with Crippen LogP contribution in [0.1, 0.15) is 11.1 Å². The Morgan fingerprint density at radius 3 is 2.62 bits per heavy atom. The first-order chi connectivity index (χ1) is 7.74. The van der Waals surface area contributed by atoms with E-state index in [2.05, 4.69) is 11.1 Å². The molecule has 2 rings (SSSR count). The molecule has 16 heavy (non-hydrogen) atoms. The number of hydrogen-bond acceptors (Lipinski definition) is 2. The molecule has 0 bridgehead atoms. The first kappa shape index (κ1) is 10.4. The zero-order valence-electron chi connectivity index (χ0n) is 9.09. The van der Waals surface area contributed by atoms with E-state index in [1.807, 2.05) is 31.2 Å². The maximum absolute atomic E-state index is 9.28. The Morgan fingerprint density at radius 2 is 1.88 bits per heavy atom. The van der Waals surface area contributed by atoms with Gasteiger partial charge in [0.1, 0.15) is 5.75 Å². The van der Waals surface area contributed by atoms with E-state index >= 15 is 0 Å². The monoisotopic (exact) mass is 211 g/mol. The van der Waals surface area contributed by atoms with Gasteiger partial charge < -0.3 is 5.11 Å². The van der Waals surface area contributed by atoms with Crippen LogP contribution in [0.3, 0.4) is 0 Å². The number of aromatic hydroxyl groups is 1. The summed E-state index contributed by atoms with van der Waals surface area (Å²) in [5.41, 5.74) is 3.02. The number of benzene rings is 2. The molecule has 80 valence electrons. The zero-order valence-corrected chi connectivity index (χ0v) is 9.09. The van der Waals surface area contributed by atoms with Gasteiger partial charge in [-0.25, -0.2) is 0 Å². The average molecular weight is 211 g/mol. The SMILES string of the molecule is Cc1cccc(C=Nc2cccc(O)c2)c1. The molecule has 0 unspecified atom stereocenters. The quantitative estimate of drug-likeness (QED) is 0.758. The van der Waals surface area contributed by atoms with Crippen LogP contribution in [0.5, 0.6) is 5.75 Å². The first-order valence-corrected chi connectivity index (χ1v) is 5.14. The van der Waals surface area contributed by atoms with E-state index < -0.39 is 0 Å². The topological polar surface area (TPSA) is 32.6 Å².